The van der Waals surface area contributed by atoms with Crippen LogP contribution < -0.4 is 9.47 Å². The number of fused-ring (bicyclic) bond motifs is 2. The minimum absolute atomic E-state index is 0.138. The zero-order valence-electron chi connectivity index (χ0n) is 15.0. The Bertz CT molecular complexity index is 1110. The number of aromatic nitrogens is 1. The Morgan fingerprint density at radius 3 is 2.75 bits per heavy atom. The van der Waals surface area contributed by atoms with Gasteiger partial charge in [-0.15, -0.1) is 0 Å². The third-order valence-electron chi connectivity index (χ3n) is 4.54. The second-order valence-electron chi connectivity index (χ2n) is 6.46. The standard InChI is InChI=1S/C20H16Cl2N2O2S2/c1-23-14-9-12(21)4-6-16(14)27-18(23)11-19-24(8-2-3-20(25)26)15-10-13(22)5-7-17(15)28-19/h4-7,9-11H,2-3,8H2,1H3/p+1. The smallest absolute Gasteiger partial charge is 0.303 e. The van der Waals surface area contributed by atoms with Gasteiger partial charge >= 0.3 is 5.97 Å². The van der Waals surface area contributed by atoms with Gasteiger partial charge in [-0.05, 0) is 36.8 Å². The predicted molar refractivity (Wildman–Crippen MR) is 118 cm³/mol. The van der Waals surface area contributed by atoms with Crippen LogP contribution in [0.5, 0.6) is 0 Å². The number of halogens is 2. The van der Waals surface area contributed by atoms with Crippen LogP contribution in [0.25, 0.3) is 16.3 Å². The summed E-state index contributed by atoms with van der Waals surface area (Å²) >= 11 is 15.7. The first kappa shape index (κ1) is 19.6. The van der Waals surface area contributed by atoms with Crippen molar-refractivity contribution in [1.82, 2.24) is 0 Å². The van der Waals surface area contributed by atoms with Gasteiger partial charge in [-0.25, -0.2) is 0 Å². The first-order chi connectivity index (χ1) is 13.4. The molecule has 0 amide bonds. The van der Waals surface area contributed by atoms with Crippen LogP contribution in [-0.4, -0.2) is 17.6 Å². The molecule has 0 aliphatic carbocycles. The molecule has 144 valence electrons. The van der Waals surface area contributed by atoms with E-state index in [1.807, 2.05) is 43.4 Å². The summed E-state index contributed by atoms with van der Waals surface area (Å²) in [4.78, 5) is 14.2. The molecule has 0 fully saturated rings. The summed E-state index contributed by atoms with van der Waals surface area (Å²) in [5.74, 6) is -0.781. The predicted octanol–water partition coefficient (Wildman–Crippen LogP) is 5.81. The van der Waals surface area contributed by atoms with Crippen LogP contribution >= 0.6 is 46.3 Å². The summed E-state index contributed by atoms with van der Waals surface area (Å²) in [5.41, 5.74) is 2.12. The van der Waals surface area contributed by atoms with Gasteiger partial charge in [-0.3, -0.25) is 4.79 Å². The van der Waals surface area contributed by atoms with Crippen LogP contribution in [0.15, 0.2) is 46.3 Å². The molecule has 2 heterocycles. The lowest BCUT2D eigenvalue weighted by Gasteiger charge is -2.19. The highest BCUT2D eigenvalue weighted by Gasteiger charge is 2.27. The Morgan fingerprint density at radius 2 is 1.96 bits per heavy atom. The Kier molecular flexibility index (Phi) is 5.56. The molecule has 0 atom stereocenters. The maximum absolute atomic E-state index is 10.9. The monoisotopic (exact) mass is 451 g/mol. The van der Waals surface area contributed by atoms with Gasteiger partial charge in [-0.1, -0.05) is 46.3 Å². The van der Waals surface area contributed by atoms with E-state index in [1.165, 1.54) is 4.70 Å². The van der Waals surface area contributed by atoms with Crippen LogP contribution in [0, 0.1) is 0 Å². The molecule has 0 saturated carbocycles. The number of thioether (sulfide) groups is 1. The lowest BCUT2D eigenvalue weighted by Crippen LogP contribution is -2.29. The SMILES string of the molecule is C[n+]1c(C=C2Sc3ccc(Cl)cc3N2CCCC(=O)O)sc2ccc(Cl)cc21. The van der Waals surface area contributed by atoms with Crippen molar-refractivity contribution in [2.75, 3.05) is 11.4 Å². The number of aliphatic carboxylic acids is 1. The molecule has 28 heavy (non-hydrogen) atoms. The van der Waals surface area contributed by atoms with E-state index in [0.717, 1.165) is 26.1 Å². The molecule has 1 aromatic heterocycles. The third kappa shape index (κ3) is 3.87. The first-order valence-corrected chi connectivity index (χ1v) is 11.1. The minimum atomic E-state index is -0.781. The highest BCUT2D eigenvalue weighted by molar-refractivity contribution is 8.03. The molecule has 4 nitrogen and oxygen atoms in total. The fraction of sp³-hybridized carbons (Fsp3) is 0.200. The number of carboxylic acids is 1. The van der Waals surface area contributed by atoms with Crippen molar-refractivity contribution >= 4 is 74.2 Å². The van der Waals surface area contributed by atoms with Crippen LogP contribution in [0.2, 0.25) is 10.0 Å². The van der Waals surface area contributed by atoms with Gasteiger partial charge in [0.15, 0.2) is 0 Å². The molecule has 8 heteroatoms. The van der Waals surface area contributed by atoms with Crippen LogP contribution in [0.1, 0.15) is 17.8 Å². The largest absolute Gasteiger partial charge is 0.481 e. The average Bonchev–Trinajstić information content (AvgIpc) is 3.13. The van der Waals surface area contributed by atoms with Gasteiger partial charge < -0.3 is 10.0 Å². The van der Waals surface area contributed by atoms with Crippen molar-refractivity contribution < 1.29 is 14.5 Å². The maximum Gasteiger partial charge on any atom is 0.303 e. The van der Waals surface area contributed by atoms with Crippen molar-refractivity contribution in [2.24, 2.45) is 7.05 Å². The quantitative estimate of drug-likeness (QED) is 0.497. The van der Waals surface area contributed by atoms with Crippen LogP contribution in [-0.2, 0) is 11.8 Å². The van der Waals surface area contributed by atoms with E-state index < -0.39 is 5.97 Å². The number of aryl methyl sites for hydroxylation is 1. The Morgan fingerprint density at radius 1 is 1.21 bits per heavy atom. The summed E-state index contributed by atoms with van der Waals surface area (Å²) in [7, 11) is 2.03. The Hall–Kier alpha value is -1.73. The molecular formula is C20H17Cl2N2O2S2+. The number of hydrogen-bond acceptors (Lipinski definition) is 4. The lowest BCUT2D eigenvalue weighted by molar-refractivity contribution is -0.642. The van der Waals surface area contributed by atoms with E-state index in [0.29, 0.717) is 23.0 Å². The zero-order valence-corrected chi connectivity index (χ0v) is 18.1. The van der Waals surface area contributed by atoms with E-state index in [4.69, 9.17) is 28.3 Å². The van der Waals surface area contributed by atoms with Gasteiger partial charge in [0.2, 0.25) is 5.52 Å². The number of nitrogens with zero attached hydrogens (tertiary/aromatic N) is 2. The highest BCUT2D eigenvalue weighted by atomic mass is 35.5. The molecular weight excluding hydrogens is 435 g/mol. The number of benzene rings is 2. The second kappa shape index (κ2) is 7.95. The fourth-order valence-electron chi connectivity index (χ4n) is 3.17. The maximum atomic E-state index is 10.9. The Labute approximate surface area is 181 Å². The first-order valence-electron chi connectivity index (χ1n) is 8.69. The minimum Gasteiger partial charge on any atom is -0.481 e. The van der Waals surface area contributed by atoms with Crippen molar-refractivity contribution in [3.63, 3.8) is 0 Å². The molecule has 0 unspecified atom stereocenters. The molecule has 1 aliphatic rings. The molecule has 4 rings (SSSR count). The molecule has 0 bridgehead atoms. The van der Waals surface area contributed by atoms with Crippen molar-refractivity contribution in [3.05, 3.63) is 56.5 Å². The lowest BCUT2D eigenvalue weighted by atomic mass is 10.2. The molecule has 2 aromatic carbocycles. The van der Waals surface area contributed by atoms with E-state index in [2.05, 4.69) is 15.5 Å². The summed E-state index contributed by atoms with van der Waals surface area (Å²) in [6.45, 7) is 0.624. The van der Waals surface area contributed by atoms with Crippen molar-refractivity contribution in [3.8, 4) is 0 Å². The summed E-state index contributed by atoms with van der Waals surface area (Å²) in [6.07, 6.45) is 2.85. The summed E-state index contributed by atoms with van der Waals surface area (Å²) in [6, 6.07) is 11.7. The Balaban J connectivity index is 1.72. The van der Waals surface area contributed by atoms with E-state index >= 15 is 0 Å². The number of carbonyl (C=O) groups is 1. The molecule has 1 N–H and O–H groups in total. The van der Waals surface area contributed by atoms with E-state index in [-0.39, 0.29) is 6.42 Å². The zero-order chi connectivity index (χ0) is 19.8. The van der Waals surface area contributed by atoms with Gasteiger partial charge in [0.05, 0.1) is 16.8 Å². The van der Waals surface area contributed by atoms with E-state index in [9.17, 15) is 4.79 Å². The molecule has 0 spiro atoms. The number of carboxylic acid groups (broad SMARTS) is 1. The second-order valence-corrected chi connectivity index (χ2v) is 9.45. The summed E-state index contributed by atoms with van der Waals surface area (Å²) < 4.78 is 3.30. The van der Waals surface area contributed by atoms with Crippen LogP contribution in [0.3, 0.4) is 0 Å². The molecule has 0 saturated heterocycles. The average molecular weight is 452 g/mol. The molecule has 3 aromatic rings. The highest BCUT2D eigenvalue weighted by Crippen LogP contribution is 2.47. The van der Waals surface area contributed by atoms with Gasteiger partial charge in [0.25, 0.3) is 5.01 Å². The molecule has 1 aliphatic heterocycles. The van der Waals surface area contributed by atoms with Crippen molar-refractivity contribution in [1.29, 1.82) is 0 Å². The number of rotatable bonds is 5. The van der Waals surface area contributed by atoms with Crippen molar-refractivity contribution in [2.45, 2.75) is 17.7 Å². The summed E-state index contributed by atoms with van der Waals surface area (Å²) in [5, 5.41) is 12.5. The third-order valence-corrected chi connectivity index (χ3v) is 7.29. The van der Waals surface area contributed by atoms with E-state index in [1.54, 1.807) is 23.1 Å². The van der Waals surface area contributed by atoms with Gasteiger partial charge in [0.1, 0.15) is 11.7 Å². The molecule has 0 radical (unpaired) electrons. The van der Waals surface area contributed by atoms with Crippen LogP contribution in [0.4, 0.5) is 5.69 Å². The number of thiazole rings is 1. The van der Waals surface area contributed by atoms with Gasteiger partial charge in [0, 0.05) is 34.0 Å². The fourth-order valence-corrected chi connectivity index (χ4v) is 5.75. The van der Waals surface area contributed by atoms with Gasteiger partial charge in [-0.2, -0.15) is 4.57 Å². The topological polar surface area (TPSA) is 44.4 Å². The normalized spacial score (nSPS) is 14.8. The number of hydrogen-bond donors (Lipinski definition) is 1. The number of anilines is 1.